The molecule has 0 saturated carbocycles. The van der Waals surface area contributed by atoms with Crippen LogP contribution in [0.25, 0.3) is 0 Å². The Bertz CT molecular complexity index is 205. The van der Waals surface area contributed by atoms with Crippen molar-refractivity contribution in [2.24, 2.45) is 5.92 Å². The Balaban J connectivity index is 3.93. The van der Waals surface area contributed by atoms with E-state index in [0.29, 0.717) is 12.8 Å². The average Bonchev–Trinajstić information content (AvgIpc) is 2.32. The van der Waals surface area contributed by atoms with Gasteiger partial charge in [-0.1, -0.05) is 39.0 Å². The summed E-state index contributed by atoms with van der Waals surface area (Å²) in [6.45, 7) is 2.10. The number of unbranched alkanes of at least 4 members (excludes halogenated alkanes) is 4. The maximum Gasteiger partial charge on any atom is 0.255 e. The third-order valence-corrected chi connectivity index (χ3v) is 2.45. The monoisotopic (exact) mass is 232 g/mol. The van der Waals surface area contributed by atoms with Gasteiger partial charge in [0, 0.05) is 0 Å². The van der Waals surface area contributed by atoms with E-state index in [1.165, 1.54) is 11.0 Å². The molecule has 0 aliphatic carbocycles. The predicted octanol–water partition coefficient (Wildman–Crippen LogP) is 0.974. The lowest BCUT2D eigenvalue weighted by atomic mass is 9.99. The molecule has 0 heterocycles. The van der Waals surface area contributed by atoms with Crippen molar-refractivity contribution in [3.63, 3.8) is 0 Å². The SMILES string of the molecule is CCCCCCCC(C(=O)NO)C(=O)NO. The van der Waals surface area contributed by atoms with E-state index in [1.54, 1.807) is 0 Å². The molecular weight excluding hydrogens is 212 g/mol. The molecule has 0 spiro atoms. The molecule has 0 aliphatic heterocycles. The van der Waals surface area contributed by atoms with E-state index in [1.807, 2.05) is 0 Å². The Kier molecular flexibility index (Phi) is 8.46. The van der Waals surface area contributed by atoms with Gasteiger partial charge in [0.05, 0.1) is 0 Å². The molecule has 0 radical (unpaired) electrons. The highest BCUT2D eigenvalue weighted by atomic mass is 16.5. The lowest BCUT2D eigenvalue weighted by Crippen LogP contribution is -2.39. The van der Waals surface area contributed by atoms with Crippen LogP contribution < -0.4 is 11.0 Å². The molecule has 0 aromatic rings. The van der Waals surface area contributed by atoms with E-state index in [-0.39, 0.29) is 0 Å². The minimum absolute atomic E-state index is 0.322. The van der Waals surface area contributed by atoms with E-state index in [9.17, 15) is 9.59 Å². The van der Waals surface area contributed by atoms with Gasteiger partial charge >= 0.3 is 0 Å². The number of hydrogen-bond donors (Lipinski definition) is 4. The fourth-order valence-corrected chi connectivity index (χ4v) is 1.49. The molecule has 0 aromatic carbocycles. The zero-order valence-corrected chi connectivity index (χ0v) is 9.53. The molecule has 0 aliphatic rings. The third kappa shape index (κ3) is 5.67. The van der Waals surface area contributed by atoms with E-state index >= 15 is 0 Å². The molecule has 0 saturated heterocycles. The number of carbonyl (C=O) groups is 2. The molecule has 0 unspecified atom stereocenters. The number of carbonyl (C=O) groups excluding carboxylic acids is 2. The van der Waals surface area contributed by atoms with Crippen molar-refractivity contribution < 1.29 is 20.0 Å². The van der Waals surface area contributed by atoms with Gasteiger partial charge in [-0.15, -0.1) is 0 Å². The van der Waals surface area contributed by atoms with E-state index in [2.05, 4.69) is 6.92 Å². The van der Waals surface area contributed by atoms with Crippen molar-refractivity contribution in [1.82, 2.24) is 11.0 Å². The van der Waals surface area contributed by atoms with Gasteiger partial charge in [-0.05, 0) is 6.42 Å². The zero-order chi connectivity index (χ0) is 12.4. The second-order valence-corrected chi connectivity index (χ2v) is 3.71. The molecule has 4 N–H and O–H groups in total. The van der Waals surface area contributed by atoms with Gasteiger partial charge in [0.2, 0.25) is 0 Å². The first-order valence-corrected chi connectivity index (χ1v) is 5.55. The standard InChI is InChI=1S/C10H20N2O4/c1-2-3-4-5-6-7-8(9(13)11-15)10(14)12-16/h8,15-16H,2-7H2,1H3,(H,11,13)(H,12,14). The third-order valence-electron chi connectivity index (χ3n) is 2.45. The molecule has 94 valence electrons. The Morgan fingerprint density at radius 3 is 1.94 bits per heavy atom. The molecule has 0 aromatic heterocycles. The first-order chi connectivity index (χ1) is 7.67. The maximum atomic E-state index is 11.1. The predicted molar refractivity (Wildman–Crippen MR) is 56.7 cm³/mol. The summed E-state index contributed by atoms with van der Waals surface area (Å²) in [5, 5.41) is 16.9. The van der Waals surface area contributed by atoms with Gasteiger partial charge in [-0.3, -0.25) is 20.0 Å². The molecule has 2 amide bonds. The van der Waals surface area contributed by atoms with Crippen molar-refractivity contribution >= 4 is 11.8 Å². The van der Waals surface area contributed by atoms with Crippen molar-refractivity contribution in [2.75, 3.05) is 0 Å². The van der Waals surface area contributed by atoms with Crippen LogP contribution in [-0.4, -0.2) is 22.2 Å². The van der Waals surface area contributed by atoms with Crippen LogP contribution in [0.2, 0.25) is 0 Å². The van der Waals surface area contributed by atoms with Crippen LogP contribution in [0.3, 0.4) is 0 Å². The van der Waals surface area contributed by atoms with E-state index in [4.69, 9.17) is 10.4 Å². The Labute approximate surface area is 94.9 Å². The summed E-state index contributed by atoms with van der Waals surface area (Å²) in [4.78, 5) is 22.2. The highest BCUT2D eigenvalue weighted by Crippen LogP contribution is 2.12. The van der Waals surface area contributed by atoms with Gasteiger partial charge in [-0.25, -0.2) is 11.0 Å². The second-order valence-electron chi connectivity index (χ2n) is 3.71. The summed E-state index contributed by atoms with van der Waals surface area (Å²) in [5.74, 6) is -2.61. The van der Waals surface area contributed by atoms with Gasteiger partial charge in [0.1, 0.15) is 5.92 Å². The normalized spacial score (nSPS) is 10.2. The zero-order valence-electron chi connectivity index (χ0n) is 9.53. The molecule has 0 fully saturated rings. The summed E-state index contributed by atoms with van der Waals surface area (Å²) < 4.78 is 0. The Morgan fingerprint density at radius 1 is 1.00 bits per heavy atom. The summed E-state index contributed by atoms with van der Waals surface area (Å²) in [6.07, 6.45) is 5.28. The molecule has 6 heteroatoms. The van der Waals surface area contributed by atoms with Crippen molar-refractivity contribution in [3.8, 4) is 0 Å². The maximum absolute atomic E-state index is 11.1. The molecular formula is C10H20N2O4. The lowest BCUT2D eigenvalue weighted by molar-refractivity contribution is -0.145. The number of hydroxylamine groups is 2. The van der Waals surface area contributed by atoms with Gasteiger partial charge < -0.3 is 0 Å². The van der Waals surface area contributed by atoms with Crippen molar-refractivity contribution in [3.05, 3.63) is 0 Å². The van der Waals surface area contributed by atoms with Crippen LogP contribution in [0.1, 0.15) is 45.4 Å². The first kappa shape index (κ1) is 14.9. The summed E-state index contributed by atoms with van der Waals surface area (Å²) >= 11 is 0. The molecule has 6 nitrogen and oxygen atoms in total. The number of nitrogens with one attached hydrogen (secondary N) is 2. The highest BCUT2D eigenvalue weighted by molar-refractivity contribution is 5.99. The Hall–Kier alpha value is -1.14. The lowest BCUT2D eigenvalue weighted by Gasteiger charge is -2.12. The fourth-order valence-electron chi connectivity index (χ4n) is 1.49. The quantitative estimate of drug-likeness (QED) is 0.217. The smallest absolute Gasteiger partial charge is 0.255 e. The number of amides is 2. The molecule has 0 rings (SSSR count). The Morgan fingerprint density at radius 2 is 1.50 bits per heavy atom. The summed E-state index contributed by atoms with van der Waals surface area (Å²) in [6, 6.07) is 0. The fraction of sp³-hybridized carbons (Fsp3) is 0.800. The minimum atomic E-state index is -1.03. The van der Waals surface area contributed by atoms with Crippen molar-refractivity contribution in [2.45, 2.75) is 45.4 Å². The number of rotatable bonds is 8. The van der Waals surface area contributed by atoms with Crippen molar-refractivity contribution in [1.29, 1.82) is 0 Å². The van der Waals surface area contributed by atoms with Crippen LogP contribution in [-0.2, 0) is 9.59 Å². The second kappa shape index (κ2) is 9.11. The topological polar surface area (TPSA) is 98.7 Å². The van der Waals surface area contributed by atoms with Crippen LogP contribution in [0.4, 0.5) is 0 Å². The molecule has 16 heavy (non-hydrogen) atoms. The van der Waals surface area contributed by atoms with Crippen LogP contribution in [0.15, 0.2) is 0 Å². The van der Waals surface area contributed by atoms with E-state index in [0.717, 1.165) is 25.7 Å². The van der Waals surface area contributed by atoms with Gasteiger partial charge in [0.15, 0.2) is 0 Å². The molecule has 0 atom stereocenters. The number of hydrogen-bond acceptors (Lipinski definition) is 4. The highest BCUT2D eigenvalue weighted by Gasteiger charge is 2.25. The first-order valence-electron chi connectivity index (χ1n) is 5.55. The van der Waals surface area contributed by atoms with Crippen LogP contribution in [0, 0.1) is 5.92 Å². The largest absolute Gasteiger partial charge is 0.289 e. The van der Waals surface area contributed by atoms with Gasteiger partial charge in [0.25, 0.3) is 11.8 Å². The minimum Gasteiger partial charge on any atom is -0.289 e. The summed E-state index contributed by atoms with van der Waals surface area (Å²) in [7, 11) is 0. The van der Waals surface area contributed by atoms with E-state index < -0.39 is 17.7 Å². The van der Waals surface area contributed by atoms with Crippen LogP contribution in [0.5, 0.6) is 0 Å². The summed E-state index contributed by atoms with van der Waals surface area (Å²) in [5.41, 5.74) is 2.84. The van der Waals surface area contributed by atoms with Gasteiger partial charge in [-0.2, -0.15) is 0 Å². The average molecular weight is 232 g/mol. The molecule has 0 bridgehead atoms. The van der Waals surface area contributed by atoms with Crippen LogP contribution >= 0.6 is 0 Å².